The van der Waals surface area contributed by atoms with Crippen molar-refractivity contribution >= 4 is 10.1 Å². The molecular formula is C9H11O3S. The molecule has 71 valence electrons. The summed E-state index contributed by atoms with van der Waals surface area (Å²) in [6.07, 6.45) is 0.315. The van der Waals surface area contributed by atoms with Crippen LogP contribution in [0.1, 0.15) is 24.2 Å². The molecule has 4 heteroatoms. The molecule has 0 spiro atoms. The van der Waals surface area contributed by atoms with Crippen molar-refractivity contribution in [3.05, 3.63) is 35.9 Å². The number of benzene rings is 1. The van der Waals surface area contributed by atoms with Gasteiger partial charge in [0.25, 0.3) is 0 Å². The third-order valence-corrected chi connectivity index (χ3v) is 3.19. The molecule has 0 bridgehead atoms. The van der Waals surface area contributed by atoms with Gasteiger partial charge in [-0.15, -0.1) is 0 Å². The van der Waals surface area contributed by atoms with E-state index in [1.807, 2.05) is 0 Å². The van der Waals surface area contributed by atoms with Crippen molar-refractivity contribution < 1.29 is 13.0 Å². The van der Waals surface area contributed by atoms with E-state index in [1.165, 1.54) is 0 Å². The molecule has 0 aliphatic heterocycles. The van der Waals surface area contributed by atoms with Gasteiger partial charge in [-0.05, 0) is 12.0 Å². The monoisotopic (exact) mass is 199 g/mol. The predicted octanol–water partition coefficient (Wildman–Crippen LogP) is 1.90. The second kappa shape index (κ2) is 3.89. The van der Waals surface area contributed by atoms with Crippen molar-refractivity contribution in [3.63, 3.8) is 0 Å². The lowest BCUT2D eigenvalue weighted by Gasteiger charge is -2.09. The molecule has 0 aliphatic carbocycles. The zero-order chi connectivity index (χ0) is 9.90. The first-order valence-electron chi connectivity index (χ1n) is 4.05. The van der Waals surface area contributed by atoms with E-state index in [1.54, 1.807) is 37.3 Å². The van der Waals surface area contributed by atoms with Crippen molar-refractivity contribution in [1.29, 1.82) is 0 Å². The van der Waals surface area contributed by atoms with Gasteiger partial charge >= 0.3 is 10.1 Å². The molecule has 3 nitrogen and oxygen atoms in total. The van der Waals surface area contributed by atoms with E-state index < -0.39 is 15.4 Å². The Morgan fingerprint density at radius 3 is 2.15 bits per heavy atom. The van der Waals surface area contributed by atoms with Crippen molar-refractivity contribution in [2.75, 3.05) is 0 Å². The molecule has 1 aromatic carbocycles. The molecule has 1 atom stereocenters. The molecule has 0 N–H and O–H groups in total. The zero-order valence-corrected chi connectivity index (χ0v) is 8.12. The number of rotatable bonds is 3. The first-order valence-corrected chi connectivity index (χ1v) is 5.52. The van der Waals surface area contributed by atoms with Crippen LogP contribution < -0.4 is 0 Å². The van der Waals surface area contributed by atoms with Crippen LogP contribution in [0.4, 0.5) is 0 Å². The quantitative estimate of drug-likeness (QED) is 0.746. The molecule has 0 saturated carbocycles. The minimum Gasteiger partial charge on any atom is -0.196 e. The first kappa shape index (κ1) is 10.2. The Bertz CT molecular complexity index is 356. The normalized spacial score (nSPS) is 14.0. The van der Waals surface area contributed by atoms with Crippen molar-refractivity contribution in [3.8, 4) is 0 Å². The van der Waals surface area contributed by atoms with Gasteiger partial charge in [-0.2, -0.15) is 8.42 Å². The summed E-state index contributed by atoms with van der Waals surface area (Å²) in [5.41, 5.74) is 0.569. The average molecular weight is 199 g/mol. The second-order valence-electron chi connectivity index (χ2n) is 2.80. The minimum atomic E-state index is -4.22. The minimum absolute atomic E-state index is 0.315. The lowest BCUT2D eigenvalue weighted by Crippen LogP contribution is -2.09. The summed E-state index contributed by atoms with van der Waals surface area (Å²) in [5, 5.41) is -0.909. The van der Waals surface area contributed by atoms with Gasteiger partial charge in [0.2, 0.25) is 0 Å². The summed E-state index contributed by atoms with van der Waals surface area (Å²) in [5.74, 6) is 0. The number of hydrogen-bond acceptors (Lipinski definition) is 2. The fourth-order valence-corrected chi connectivity index (χ4v) is 2.17. The fraction of sp³-hybridized carbons (Fsp3) is 0.333. The van der Waals surface area contributed by atoms with Crippen LogP contribution in [0.3, 0.4) is 0 Å². The van der Waals surface area contributed by atoms with Crippen LogP contribution in [0.25, 0.3) is 0 Å². The first-order chi connectivity index (χ1) is 6.05. The van der Waals surface area contributed by atoms with E-state index in [-0.39, 0.29) is 0 Å². The smallest absolute Gasteiger partial charge is 0.196 e. The van der Waals surface area contributed by atoms with Crippen molar-refractivity contribution in [2.24, 2.45) is 0 Å². The van der Waals surface area contributed by atoms with E-state index in [4.69, 9.17) is 0 Å². The summed E-state index contributed by atoms with van der Waals surface area (Å²) in [7, 11) is -4.22. The van der Waals surface area contributed by atoms with Gasteiger partial charge in [0.15, 0.2) is 0 Å². The van der Waals surface area contributed by atoms with Gasteiger partial charge in [-0.1, -0.05) is 41.8 Å². The van der Waals surface area contributed by atoms with E-state index in [0.717, 1.165) is 0 Å². The molecule has 0 aromatic heterocycles. The maximum atomic E-state index is 10.8. The standard InChI is InChI=1S/C9H11O3S/c1-2-9(13(10,11)12)8-6-4-3-5-7-8/h3-7,9H,2H2,1H3. The lowest BCUT2D eigenvalue weighted by molar-refractivity contribution is 0.401. The van der Waals surface area contributed by atoms with Crippen LogP contribution in [0.2, 0.25) is 0 Å². The van der Waals surface area contributed by atoms with Crippen molar-refractivity contribution in [2.45, 2.75) is 18.6 Å². The summed E-state index contributed by atoms with van der Waals surface area (Å²) >= 11 is 0. The molecule has 1 radical (unpaired) electrons. The maximum Gasteiger partial charge on any atom is 0.301 e. The molecule has 13 heavy (non-hydrogen) atoms. The Hall–Kier alpha value is -0.870. The molecule has 0 aliphatic rings. The second-order valence-corrected chi connectivity index (χ2v) is 4.36. The molecule has 1 aromatic rings. The van der Waals surface area contributed by atoms with Crippen LogP contribution in [0.5, 0.6) is 0 Å². The van der Waals surface area contributed by atoms with Gasteiger partial charge in [0.1, 0.15) is 5.25 Å². The third kappa shape index (κ3) is 2.54. The molecule has 0 saturated heterocycles. The Labute approximate surface area is 78.2 Å². The largest absolute Gasteiger partial charge is 0.301 e. The molecule has 0 heterocycles. The van der Waals surface area contributed by atoms with E-state index in [0.29, 0.717) is 12.0 Å². The van der Waals surface area contributed by atoms with E-state index >= 15 is 0 Å². The van der Waals surface area contributed by atoms with Crippen molar-refractivity contribution in [1.82, 2.24) is 0 Å². The van der Waals surface area contributed by atoms with E-state index in [9.17, 15) is 13.0 Å². The van der Waals surface area contributed by atoms with Crippen LogP contribution >= 0.6 is 0 Å². The van der Waals surface area contributed by atoms with Gasteiger partial charge in [-0.3, -0.25) is 0 Å². The Balaban J connectivity index is 3.06. The summed E-state index contributed by atoms with van der Waals surface area (Å²) < 4.78 is 32.4. The predicted molar refractivity (Wildman–Crippen MR) is 49.1 cm³/mol. The fourth-order valence-electron chi connectivity index (χ4n) is 1.27. The van der Waals surface area contributed by atoms with Crippen LogP contribution in [-0.2, 0) is 14.7 Å². The highest BCUT2D eigenvalue weighted by Gasteiger charge is 2.23. The Morgan fingerprint density at radius 2 is 1.77 bits per heavy atom. The van der Waals surface area contributed by atoms with Gasteiger partial charge in [0.05, 0.1) is 0 Å². The Morgan fingerprint density at radius 1 is 1.23 bits per heavy atom. The SMILES string of the molecule is CCC(c1ccccc1)S([O])(=O)=O. The van der Waals surface area contributed by atoms with Crippen LogP contribution in [0.15, 0.2) is 30.3 Å². The molecule has 1 unspecified atom stereocenters. The molecule has 0 fully saturated rings. The van der Waals surface area contributed by atoms with Gasteiger partial charge in [0, 0.05) is 0 Å². The lowest BCUT2D eigenvalue weighted by atomic mass is 10.1. The van der Waals surface area contributed by atoms with E-state index in [2.05, 4.69) is 0 Å². The maximum absolute atomic E-state index is 10.8. The highest BCUT2D eigenvalue weighted by atomic mass is 32.2. The summed E-state index contributed by atoms with van der Waals surface area (Å²) in [6.45, 7) is 1.69. The highest BCUT2D eigenvalue weighted by Crippen LogP contribution is 2.24. The molecule has 0 amide bonds. The van der Waals surface area contributed by atoms with Crippen LogP contribution in [-0.4, -0.2) is 8.42 Å². The summed E-state index contributed by atoms with van der Waals surface area (Å²) in [6, 6.07) is 8.55. The third-order valence-electron chi connectivity index (χ3n) is 1.89. The zero-order valence-electron chi connectivity index (χ0n) is 7.30. The topological polar surface area (TPSA) is 54.0 Å². The highest BCUT2D eigenvalue weighted by molar-refractivity contribution is 7.85. The molecule has 1 rings (SSSR count). The Kier molecular flexibility index (Phi) is 3.06. The summed E-state index contributed by atoms with van der Waals surface area (Å²) in [4.78, 5) is 0. The van der Waals surface area contributed by atoms with Gasteiger partial charge < -0.3 is 0 Å². The van der Waals surface area contributed by atoms with Gasteiger partial charge in [-0.25, -0.2) is 0 Å². The van der Waals surface area contributed by atoms with Crippen LogP contribution in [0, 0.1) is 0 Å². The molecular weight excluding hydrogens is 188 g/mol. The number of hydrogen-bond donors (Lipinski definition) is 0. The average Bonchev–Trinajstić information content (AvgIpc) is 2.05.